The largest absolute Gasteiger partial charge is 0.454 e. The summed E-state index contributed by atoms with van der Waals surface area (Å²) < 4.78 is 9.44. The molecule has 0 amide bonds. The fourth-order valence-electron chi connectivity index (χ4n) is 3.30. The first kappa shape index (κ1) is 16.6. The summed E-state index contributed by atoms with van der Waals surface area (Å²) in [6.45, 7) is 7.56. The van der Waals surface area contributed by atoms with E-state index in [1.165, 1.54) is 0 Å². The molecule has 5 nitrogen and oxygen atoms in total. The van der Waals surface area contributed by atoms with E-state index in [9.17, 15) is 9.59 Å². The van der Waals surface area contributed by atoms with E-state index < -0.39 is 5.97 Å². The average molecular weight is 328 g/mol. The summed E-state index contributed by atoms with van der Waals surface area (Å²) in [6, 6.07) is 4.21. The molecule has 24 heavy (non-hydrogen) atoms. The number of carbonyl (C=O) groups is 2. The highest BCUT2D eigenvalue weighted by Crippen LogP contribution is 2.38. The van der Waals surface area contributed by atoms with Gasteiger partial charge in [-0.2, -0.15) is 0 Å². The number of Topliss-reactive ketones (excluding diaryl/α,β-unsaturated/α-hetero) is 1. The molecule has 0 unspecified atom stereocenters. The van der Waals surface area contributed by atoms with Crippen LogP contribution in [0.4, 0.5) is 0 Å². The molecule has 0 aromatic carbocycles. The van der Waals surface area contributed by atoms with Crippen LogP contribution in [0.3, 0.4) is 0 Å². The second kappa shape index (κ2) is 5.96. The van der Waals surface area contributed by atoms with Gasteiger partial charge in [0.2, 0.25) is 5.78 Å². The maximum atomic E-state index is 12.4. The van der Waals surface area contributed by atoms with Crippen LogP contribution in [0.15, 0.2) is 12.1 Å². The summed E-state index contributed by atoms with van der Waals surface area (Å²) in [5.41, 5.74) is 5.08. The number of nitrogens with zero attached hydrogens (tertiary/aromatic N) is 2. The summed E-state index contributed by atoms with van der Waals surface area (Å²) in [4.78, 5) is 24.7. The Hall–Kier alpha value is -2.30. The number of aromatic nitrogens is 2. The maximum absolute atomic E-state index is 12.4. The van der Waals surface area contributed by atoms with Crippen molar-refractivity contribution in [1.82, 2.24) is 9.13 Å². The molecule has 0 aliphatic heterocycles. The molecule has 0 bridgehead atoms. The fraction of sp³-hybridized carbons (Fsp3) is 0.474. The lowest BCUT2D eigenvalue weighted by atomic mass is 10.1. The van der Waals surface area contributed by atoms with Crippen molar-refractivity contribution in [2.75, 3.05) is 6.61 Å². The Kier molecular flexibility index (Phi) is 4.11. The van der Waals surface area contributed by atoms with Crippen LogP contribution in [0.2, 0.25) is 0 Å². The molecule has 0 spiro atoms. The van der Waals surface area contributed by atoms with Gasteiger partial charge in [-0.3, -0.25) is 4.79 Å². The van der Waals surface area contributed by atoms with E-state index in [0.717, 1.165) is 35.6 Å². The number of ketones is 1. The number of hydrogen-bond donors (Lipinski definition) is 0. The van der Waals surface area contributed by atoms with Crippen molar-refractivity contribution >= 4 is 11.8 Å². The smallest absolute Gasteiger partial charge is 0.340 e. The van der Waals surface area contributed by atoms with Crippen molar-refractivity contribution in [3.63, 3.8) is 0 Å². The predicted molar refractivity (Wildman–Crippen MR) is 91.7 cm³/mol. The molecule has 2 aromatic heterocycles. The molecular formula is C19H24N2O3. The van der Waals surface area contributed by atoms with Crippen LogP contribution >= 0.6 is 0 Å². The van der Waals surface area contributed by atoms with Crippen LogP contribution in [0, 0.1) is 27.7 Å². The van der Waals surface area contributed by atoms with Crippen molar-refractivity contribution in [2.24, 2.45) is 7.05 Å². The van der Waals surface area contributed by atoms with E-state index in [2.05, 4.69) is 4.57 Å². The molecule has 0 atom stereocenters. The van der Waals surface area contributed by atoms with Crippen molar-refractivity contribution < 1.29 is 14.3 Å². The Balaban J connectivity index is 1.70. The van der Waals surface area contributed by atoms with Gasteiger partial charge in [-0.15, -0.1) is 0 Å². The molecule has 2 aromatic rings. The van der Waals surface area contributed by atoms with Crippen molar-refractivity contribution in [3.05, 3.63) is 46.0 Å². The minimum absolute atomic E-state index is 0.166. The Morgan fingerprint density at radius 2 is 1.67 bits per heavy atom. The van der Waals surface area contributed by atoms with Crippen molar-refractivity contribution in [2.45, 2.75) is 46.6 Å². The van der Waals surface area contributed by atoms with E-state index in [0.29, 0.717) is 17.2 Å². The SMILES string of the molecule is Cc1cc(C(=O)COC(=O)c2cc(C)n(C3CC3)c2C)c(C)n1C. The first-order valence-corrected chi connectivity index (χ1v) is 8.33. The molecule has 1 saturated carbocycles. The second-order valence-electron chi connectivity index (χ2n) is 6.73. The molecule has 0 radical (unpaired) electrons. The van der Waals surface area contributed by atoms with Crippen molar-refractivity contribution in [1.29, 1.82) is 0 Å². The van der Waals surface area contributed by atoms with Gasteiger partial charge >= 0.3 is 5.97 Å². The lowest BCUT2D eigenvalue weighted by molar-refractivity contribution is 0.0473. The molecule has 1 aliphatic rings. The summed E-state index contributed by atoms with van der Waals surface area (Å²) in [6.07, 6.45) is 2.33. The zero-order valence-electron chi connectivity index (χ0n) is 15.0. The van der Waals surface area contributed by atoms with Crippen LogP contribution in [0.25, 0.3) is 0 Å². The number of carbonyl (C=O) groups excluding carboxylic acids is 2. The molecule has 1 aliphatic carbocycles. The number of hydrogen-bond acceptors (Lipinski definition) is 3. The Morgan fingerprint density at radius 1 is 1.04 bits per heavy atom. The third-order valence-corrected chi connectivity index (χ3v) is 5.03. The highest BCUT2D eigenvalue weighted by molar-refractivity contribution is 6.00. The van der Waals surface area contributed by atoms with Crippen LogP contribution in [0.5, 0.6) is 0 Å². The van der Waals surface area contributed by atoms with E-state index in [-0.39, 0.29) is 12.4 Å². The van der Waals surface area contributed by atoms with Gasteiger partial charge in [0.15, 0.2) is 6.61 Å². The minimum Gasteiger partial charge on any atom is -0.454 e. The Morgan fingerprint density at radius 3 is 2.21 bits per heavy atom. The van der Waals surface area contributed by atoms with Gasteiger partial charge in [-0.1, -0.05) is 0 Å². The maximum Gasteiger partial charge on any atom is 0.340 e. The normalized spacial score (nSPS) is 14.0. The third-order valence-electron chi connectivity index (χ3n) is 5.03. The molecule has 2 heterocycles. The first-order chi connectivity index (χ1) is 11.3. The quantitative estimate of drug-likeness (QED) is 0.624. The number of ether oxygens (including phenoxy) is 1. The van der Waals surface area contributed by atoms with Crippen molar-refractivity contribution in [3.8, 4) is 0 Å². The van der Waals surface area contributed by atoms with Crippen LogP contribution in [-0.4, -0.2) is 27.5 Å². The molecule has 0 saturated heterocycles. The summed E-state index contributed by atoms with van der Waals surface area (Å²) >= 11 is 0. The molecule has 5 heteroatoms. The standard InChI is InChI=1S/C19H24N2O3/c1-11-8-16(13(3)20(11)5)18(22)10-24-19(23)17-9-12(2)21(14(17)4)15-6-7-15/h8-9,15H,6-7,10H2,1-5H3. The van der Waals surface area contributed by atoms with Gasteiger partial charge < -0.3 is 13.9 Å². The Labute approximate surface area is 142 Å². The summed E-state index contributed by atoms with van der Waals surface area (Å²) in [5, 5.41) is 0. The van der Waals surface area contributed by atoms with Crippen LogP contribution < -0.4 is 0 Å². The monoisotopic (exact) mass is 328 g/mol. The fourth-order valence-corrected chi connectivity index (χ4v) is 3.30. The third kappa shape index (κ3) is 2.79. The van der Waals surface area contributed by atoms with Gasteiger partial charge in [0.1, 0.15) is 0 Å². The molecule has 1 fully saturated rings. The van der Waals surface area contributed by atoms with Crippen LogP contribution in [-0.2, 0) is 11.8 Å². The van der Waals surface area contributed by atoms with E-state index >= 15 is 0 Å². The molecule has 3 rings (SSSR count). The highest BCUT2D eigenvalue weighted by Gasteiger charge is 2.29. The number of aryl methyl sites for hydroxylation is 2. The molecule has 128 valence electrons. The molecule has 0 N–H and O–H groups in total. The summed E-state index contributed by atoms with van der Waals surface area (Å²) in [5.74, 6) is -0.589. The Bertz CT molecular complexity index is 822. The zero-order chi connectivity index (χ0) is 17.6. The topological polar surface area (TPSA) is 53.2 Å². The summed E-state index contributed by atoms with van der Waals surface area (Å²) in [7, 11) is 1.92. The average Bonchev–Trinajstić information content (AvgIpc) is 3.28. The predicted octanol–water partition coefficient (Wildman–Crippen LogP) is 3.43. The zero-order valence-corrected chi connectivity index (χ0v) is 15.0. The number of esters is 1. The highest BCUT2D eigenvalue weighted by atomic mass is 16.5. The van der Waals surface area contributed by atoms with E-state index in [4.69, 9.17) is 4.74 Å². The van der Waals surface area contributed by atoms with Gasteiger partial charge in [0.25, 0.3) is 0 Å². The van der Waals surface area contributed by atoms with E-state index in [1.807, 2.05) is 51.4 Å². The van der Waals surface area contributed by atoms with E-state index in [1.54, 1.807) is 0 Å². The number of rotatable bonds is 5. The van der Waals surface area contributed by atoms with Gasteiger partial charge in [-0.25, -0.2) is 4.79 Å². The lowest BCUT2D eigenvalue weighted by Gasteiger charge is -2.08. The minimum atomic E-state index is -0.423. The van der Waals surface area contributed by atoms with Gasteiger partial charge in [0, 0.05) is 41.4 Å². The van der Waals surface area contributed by atoms with Crippen LogP contribution in [0.1, 0.15) is 62.4 Å². The van der Waals surface area contributed by atoms with Gasteiger partial charge in [-0.05, 0) is 52.7 Å². The second-order valence-corrected chi connectivity index (χ2v) is 6.73. The lowest BCUT2D eigenvalue weighted by Crippen LogP contribution is -2.15. The van der Waals surface area contributed by atoms with Gasteiger partial charge in [0.05, 0.1) is 5.56 Å². The molecular weight excluding hydrogens is 304 g/mol. The first-order valence-electron chi connectivity index (χ1n) is 8.33.